The van der Waals surface area contributed by atoms with Gasteiger partial charge in [0.2, 0.25) is 5.89 Å². The third-order valence-electron chi connectivity index (χ3n) is 9.55. The minimum Gasteiger partial charge on any atom is -0.456 e. The molecule has 0 unspecified atom stereocenters. The molecule has 0 saturated heterocycles. The summed E-state index contributed by atoms with van der Waals surface area (Å²) in [6.07, 6.45) is 0. The average molecular weight is 673 g/mol. The number of hydrogen-bond donors (Lipinski definition) is 0. The van der Waals surface area contributed by atoms with Crippen LogP contribution in [-0.2, 0) is 0 Å². The van der Waals surface area contributed by atoms with E-state index in [4.69, 9.17) is 28.8 Å². The monoisotopic (exact) mass is 672 g/mol. The Bertz CT molecular complexity index is 3160. The number of fused-ring (bicyclic) bond motifs is 8. The molecular formula is C44H24N4O2S. The zero-order valence-corrected chi connectivity index (χ0v) is 27.7. The maximum atomic E-state index is 6.43. The van der Waals surface area contributed by atoms with Gasteiger partial charge in [-0.25, -0.2) is 19.9 Å². The molecule has 0 N–H and O–H groups in total. The van der Waals surface area contributed by atoms with Crippen molar-refractivity contribution >= 4 is 75.3 Å². The summed E-state index contributed by atoms with van der Waals surface area (Å²) < 4.78 is 14.9. The van der Waals surface area contributed by atoms with Gasteiger partial charge in [-0.2, -0.15) is 0 Å². The van der Waals surface area contributed by atoms with Gasteiger partial charge in [-0.3, -0.25) is 0 Å². The normalized spacial score (nSPS) is 11.9. The number of nitrogens with zero attached hydrogens (tertiary/aromatic N) is 4. The van der Waals surface area contributed by atoms with Crippen LogP contribution in [0.15, 0.2) is 154 Å². The Hall–Kier alpha value is -6.70. The van der Waals surface area contributed by atoms with Gasteiger partial charge in [-0.15, -0.1) is 11.3 Å². The minimum atomic E-state index is 0.579. The Morgan fingerprint density at radius 2 is 1.18 bits per heavy atom. The molecule has 0 aliphatic rings. The third-order valence-corrected chi connectivity index (χ3v) is 10.7. The molecule has 238 valence electrons. The Morgan fingerprint density at radius 3 is 2.10 bits per heavy atom. The van der Waals surface area contributed by atoms with E-state index < -0.39 is 0 Å². The van der Waals surface area contributed by atoms with Crippen LogP contribution >= 0.6 is 11.3 Å². The topological polar surface area (TPSA) is 77.8 Å². The zero-order valence-electron chi connectivity index (χ0n) is 26.9. The van der Waals surface area contributed by atoms with Gasteiger partial charge in [-0.05, 0) is 59.3 Å². The lowest BCUT2D eigenvalue weighted by Crippen LogP contribution is -2.00. The van der Waals surface area contributed by atoms with Crippen LogP contribution in [0, 0.1) is 0 Å². The molecule has 4 aromatic heterocycles. The number of furan rings is 1. The van der Waals surface area contributed by atoms with E-state index in [1.807, 2.05) is 66.7 Å². The van der Waals surface area contributed by atoms with Gasteiger partial charge in [0.05, 0.1) is 0 Å². The third kappa shape index (κ3) is 4.56. The zero-order chi connectivity index (χ0) is 33.5. The highest BCUT2D eigenvalue weighted by atomic mass is 32.1. The van der Waals surface area contributed by atoms with Gasteiger partial charge < -0.3 is 8.83 Å². The molecular weight excluding hydrogens is 649 g/mol. The van der Waals surface area contributed by atoms with E-state index >= 15 is 0 Å². The Morgan fingerprint density at radius 1 is 0.412 bits per heavy atom. The fraction of sp³-hybridized carbons (Fsp3) is 0. The number of rotatable bonds is 4. The predicted molar refractivity (Wildman–Crippen MR) is 207 cm³/mol. The van der Waals surface area contributed by atoms with Crippen molar-refractivity contribution in [3.8, 4) is 45.6 Å². The Kier molecular flexibility index (Phi) is 6.02. The van der Waals surface area contributed by atoms with Crippen LogP contribution in [0.1, 0.15) is 0 Å². The molecule has 11 rings (SSSR count). The van der Waals surface area contributed by atoms with E-state index in [0.717, 1.165) is 80.9 Å². The maximum absolute atomic E-state index is 6.43. The highest BCUT2D eigenvalue weighted by Crippen LogP contribution is 2.42. The summed E-state index contributed by atoms with van der Waals surface area (Å²) in [5, 5.41) is 6.63. The largest absolute Gasteiger partial charge is 0.456 e. The number of aromatic nitrogens is 4. The SMILES string of the molecule is c1ccc(-c2nc(-c3ccc4c(c3)oc3ccccc34)nc(-c3cccc4sc5cc6nc(-c7ccc8ccccc8c7)oc6cc5c34)n2)cc1. The van der Waals surface area contributed by atoms with Gasteiger partial charge in [0, 0.05) is 53.2 Å². The van der Waals surface area contributed by atoms with Crippen LogP contribution in [-0.4, -0.2) is 19.9 Å². The standard InChI is InChI=1S/C44H24N4O2S/c1-2-10-26(11-3-1)41-46-42(28-19-20-31-30-13-6-7-15-35(30)49-36(31)22-28)48-43(47-41)32-14-8-16-38-40(32)33-23-37-34(24-39(33)51-38)45-44(50-37)29-18-17-25-9-4-5-12-27(25)21-29/h1-24H. The number of hydrogen-bond acceptors (Lipinski definition) is 7. The highest BCUT2D eigenvalue weighted by Gasteiger charge is 2.19. The van der Waals surface area contributed by atoms with Crippen molar-refractivity contribution < 1.29 is 8.83 Å². The van der Waals surface area contributed by atoms with E-state index in [1.54, 1.807) is 11.3 Å². The van der Waals surface area contributed by atoms with E-state index in [9.17, 15) is 0 Å². The van der Waals surface area contributed by atoms with Crippen molar-refractivity contribution in [2.75, 3.05) is 0 Å². The molecule has 0 radical (unpaired) electrons. The minimum absolute atomic E-state index is 0.579. The van der Waals surface area contributed by atoms with Crippen molar-refractivity contribution in [3.63, 3.8) is 0 Å². The quantitative estimate of drug-likeness (QED) is 0.185. The van der Waals surface area contributed by atoms with E-state index in [0.29, 0.717) is 23.4 Å². The molecule has 0 fully saturated rings. The molecule has 6 nitrogen and oxygen atoms in total. The molecule has 0 aliphatic heterocycles. The summed E-state index contributed by atoms with van der Waals surface area (Å²) >= 11 is 1.73. The lowest BCUT2D eigenvalue weighted by Gasteiger charge is -2.09. The average Bonchev–Trinajstić information content (AvgIpc) is 3.89. The second kappa shape index (κ2) is 10.9. The molecule has 11 aromatic rings. The molecule has 4 heterocycles. The fourth-order valence-electron chi connectivity index (χ4n) is 7.09. The summed E-state index contributed by atoms with van der Waals surface area (Å²) in [4.78, 5) is 20.1. The van der Waals surface area contributed by atoms with Crippen LogP contribution in [0.3, 0.4) is 0 Å². The Labute approximate surface area is 294 Å². The van der Waals surface area contributed by atoms with Crippen molar-refractivity contribution in [1.29, 1.82) is 0 Å². The summed E-state index contributed by atoms with van der Waals surface area (Å²) in [6.45, 7) is 0. The number of benzene rings is 7. The van der Waals surface area contributed by atoms with Crippen LogP contribution < -0.4 is 0 Å². The van der Waals surface area contributed by atoms with Crippen LogP contribution in [0.2, 0.25) is 0 Å². The molecule has 0 spiro atoms. The summed E-state index contributed by atoms with van der Waals surface area (Å²) in [7, 11) is 0. The molecule has 0 amide bonds. The van der Waals surface area contributed by atoms with Crippen molar-refractivity contribution in [2.45, 2.75) is 0 Å². The smallest absolute Gasteiger partial charge is 0.227 e. The Balaban J connectivity index is 1.09. The van der Waals surface area contributed by atoms with E-state index in [1.165, 1.54) is 5.39 Å². The molecule has 0 atom stereocenters. The first-order valence-electron chi connectivity index (χ1n) is 16.7. The van der Waals surface area contributed by atoms with Gasteiger partial charge in [0.1, 0.15) is 16.7 Å². The number of oxazole rings is 1. The van der Waals surface area contributed by atoms with Crippen LogP contribution in [0.5, 0.6) is 0 Å². The summed E-state index contributed by atoms with van der Waals surface area (Å²) in [5.41, 5.74) is 6.86. The van der Waals surface area contributed by atoms with E-state index in [-0.39, 0.29) is 0 Å². The van der Waals surface area contributed by atoms with E-state index in [2.05, 4.69) is 78.9 Å². The van der Waals surface area contributed by atoms with Gasteiger partial charge >= 0.3 is 0 Å². The van der Waals surface area contributed by atoms with Gasteiger partial charge in [0.25, 0.3) is 0 Å². The second-order valence-electron chi connectivity index (χ2n) is 12.7. The van der Waals surface area contributed by atoms with Crippen molar-refractivity contribution in [2.24, 2.45) is 0 Å². The van der Waals surface area contributed by atoms with Crippen molar-refractivity contribution in [3.05, 3.63) is 146 Å². The molecule has 51 heavy (non-hydrogen) atoms. The molecule has 7 heteroatoms. The first kappa shape index (κ1) is 28.2. The molecule has 0 saturated carbocycles. The summed E-state index contributed by atoms with van der Waals surface area (Å²) in [6, 6.07) is 49.5. The second-order valence-corrected chi connectivity index (χ2v) is 13.7. The lowest BCUT2D eigenvalue weighted by atomic mass is 10.0. The number of para-hydroxylation sites is 1. The first-order chi connectivity index (χ1) is 25.2. The maximum Gasteiger partial charge on any atom is 0.227 e. The highest BCUT2D eigenvalue weighted by molar-refractivity contribution is 7.26. The van der Waals surface area contributed by atoms with Crippen molar-refractivity contribution in [1.82, 2.24) is 19.9 Å². The first-order valence-corrected chi connectivity index (χ1v) is 17.5. The van der Waals surface area contributed by atoms with Crippen LogP contribution in [0.25, 0.3) is 110 Å². The van der Waals surface area contributed by atoms with Gasteiger partial charge in [-0.1, -0.05) is 97.1 Å². The molecule has 0 bridgehead atoms. The fourth-order valence-corrected chi connectivity index (χ4v) is 8.23. The molecule has 7 aromatic carbocycles. The van der Waals surface area contributed by atoms with Crippen LogP contribution in [0.4, 0.5) is 0 Å². The lowest BCUT2D eigenvalue weighted by molar-refractivity contribution is 0.620. The van der Waals surface area contributed by atoms with Gasteiger partial charge in [0.15, 0.2) is 23.1 Å². The summed E-state index contributed by atoms with van der Waals surface area (Å²) in [5.74, 6) is 2.39. The number of thiophene rings is 1. The molecule has 0 aliphatic carbocycles. The predicted octanol–water partition coefficient (Wildman–Crippen LogP) is 12.1.